The van der Waals surface area contributed by atoms with E-state index in [1.807, 2.05) is 0 Å². The fraction of sp³-hybridized carbons (Fsp3) is 1.00. The van der Waals surface area contributed by atoms with Crippen LogP contribution in [0.5, 0.6) is 0 Å². The Labute approximate surface area is 88.3 Å². The molecule has 0 aliphatic heterocycles. The van der Waals surface area contributed by atoms with Crippen molar-refractivity contribution < 1.29 is 0 Å². The van der Waals surface area contributed by atoms with Gasteiger partial charge in [-0.1, -0.05) is 19.8 Å². The van der Waals surface area contributed by atoms with Crippen LogP contribution in [0.1, 0.15) is 39.0 Å². The third kappa shape index (κ3) is 3.17. The van der Waals surface area contributed by atoms with Crippen LogP contribution in [-0.2, 0) is 0 Å². The second-order valence-corrected chi connectivity index (χ2v) is 4.92. The van der Waals surface area contributed by atoms with Crippen LogP contribution in [-0.4, -0.2) is 30.8 Å². The van der Waals surface area contributed by atoms with Gasteiger partial charge in [-0.2, -0.15) is 12.6 Å². The van der Waals surface area contributed by atoms with Crippen LogP contribution in [0.4, 0.5) is 0 Å². The molecule has 0 spiro atoms. The van der Waals surface area contributed by atoms with E-state index in [0.29, 0.717) is 5.41 Å². The minimum atomic E-state index is 0.575. The molecular formula is C11H23NS. The lowest BCUT2D eigenvalue weighted by Crippen LogP contribution is -2.42. The lowest BCUT2D eigenvalue weighted by atomic mass is 9.70. The summed E-state index contributed by atoms with van der Waals surface area (Å²) in [6.45, 7) is 4.77. The van der Waals surface area contributed by atoms with Gasteiger partial charge in [0.1, 0.15) is 0 Å². The van der Waals surface area contributed by atoms with Gasteiger partial charge in [0.05, 0.1) is 0 Å². The molecular weight excluding hydrogens is 178 g/mol. The van der Waals surface area contributed by atoms with Gasteiger partial charge in [-0.25, -0.2) is 0 Å². The fourth-order valence-electron chi connectivity index (χ4n) is 2.12. The van der Waals surface area contributed by atoms with E-state index in [2.05, 4.69) is 31.5 Å². The molecule has 0 atom stereocenters. The number of hydrogen-bond acceptors (Lipinski definition) is 2. The molecule has 0 aromatic carbocycles. The lowest BCUT2D eigenvalue weighted by molar-refractivity contribution is 0.104. The van der Waals surface area contributed by atoms with E-state index in [1.54, 1.807) is 0 Å². The third-order valence-electron chi connectivity index (χ3n) is 3.25. The summed E-state index contributed by atoms with van der Waals surface area (Å²) in [6, 6.07) is 0. The van der Waals surface area contributed by atoms with Crippen LogP contribution >= 0.6 is 12.6 Å². The van der Waals surface area contributed by atoms with Gasteiger partial charge < -0.3 is 4.90 Å². The van der Waals surface area contributed by atoms with E-state index in [4.69, 9.17) is 0 Å². The molecule has 0 aromatic rings. The van der Waals surface area contributed by atoms with Crippen LogP contribution in [0.2, 0.25) is 0 Å². The van der Waals surface area contributed by atoms with E-state index < -0.39 is 0 Å². The predicted octanol–water partition coefficient (Wildman–Crippen LogP) is 2.82. The molecule has 0 N–H and O–H groups in total. The number of thiol groups is 1. The minimum absolute atomic E-state index is 0.575. The first kappa shape index (κ1) is 11.4. The Morgan fingerprint density at radius 2 is 2.08 bits per heavy atom. The SMILES string of the molecule is CCCCN(C)CC1(CS)CCC1. The maximum Gasteiger partial charge on any atom is 0.00427 e. The Kier molecular flexibility index (Phi) is 4.60. The summed E-state index contributed by atoms with van der Waals surface area (Å²) in [5, 5.41) is 0. The van der Waals surface area contributed by atoms with E-state index in [1.165, 1.54) is 45.2 Å². The van der Waals surface area contributed by atoms with Gasteiger partial charge in [0.25, 0.3) is 0 Å². The van der Waals surface area contributed by atoms with Crippen molar-refractivity contribution in [2.24, 2.45) is 5.41 Å². The number of unbranched alkanes of at least 4 members (excludes halogenated alkanes) is 1. The summed E-state index contributed by atoms with van der Waals surface area (Å²) < 4.78 is 0. The highest BCUT2D eigenvalue weighted by atomic mass is 32.1. The molecule has 0 aromatic heterocycles. The van der Waals surface area contributed by atoms with Crippen LogP contribution < -0.4 is 0 Å². The van der Waals surface area contributed by atoms with Crippen molar-refractivity contribution in [3.63, 3.8) is 0 Å². The predicted molar refractivity (Wildman–Crippen MR) is 62.5 cm³/mol. The molecule has 0 heterocycles. The van der Waals surface area contributed by atoms with Crippen molar-refractivity contribution in [2.45, 2.75) is 39.0 Å². The van der Waals surface area contributed by atoms with Crippen LogP contribution in [0.25, 0.3) is 0 Å². The molecule has 1 rings (SSSR count). The topological polar surface area (TPSA) is 3.24 Å². The Morgan fingerprint density at radius 3 is 2.46 bits per heavy atom. The number of rotatable bonds is 6. The van der Waals surface area contributed by atoms with E-state index in [-0.39, 0.29) is 0 Å². The highest BCUT2D eigenvalue weighted by Crippen LogP contribution is 2.42. The highest BCUT2D eigenvalue weighted by molar-refractivity contribution is 7.80. The van der Waals surface area contributed by atoms with Crippen molar-refractivity contribution in [1.82, 2.24) is 4.90 Å². The molecule has 1 aliphatic carbocycles. The molecule has 0 saturated heterocycles. The molecule has 0 radical (unpaired) electrons. The van der Waals surface area contributed by atoms with Gasteiger partial charge in [0, 0.05) is 6.54 Å². The summed E-state index contributed by atoms with van der Waals surface area (Å²) in [5.74, 6) is 1.07. The maximum absolute atomic E-state index is 4.47. The monoisotopic (exact) mass is 201 g/mol. The van der Waals surface area contributed by atoms with Crippen molar-refractivity contribution >= 4 is 12.6 Å². The zero-order chi connectivity index (χ0) is 9.73. The molecule has 1 aliphatic rings. The van der Waals surface area contributed by atoms with Crippen LogP contribution in [0.3, 0.4) is 0 Å². The van der Waals surface area contributed by atoms with Gasteiger partial charge in [0.2, 0.25) is 0 Å². The molecule has 0 unspecified atom stereocenters. The van der Waals surface area contributed by atoms with E-state index in [0.717, 1.165) is 5.75 Å². The number of hydrogen-bond donors (Lipinski definition) is 1. The van der Waals surface area contributed by atoms with E-state index >= 15 is 0 Å². The standard InChI is InChI=1S/C11H23NS/c1-3-4-8-12(2)9-11(10-13)6-5-7-11/h13H,3-10H2,1-2H3. The average molecular weight is 201 g/mol. The maximum atomic E-state index is 4.47. The quantitative estimate of drug-likeness (QED) is 0.647. The first-order valence-corrected chi connectivity index (χ1v) is 6.15. The molecule has 2 heteroatoms. The Morgan fingerprint density at radius 1 is 1.38 bits per heavy atom. The summed E-state index contributed by atoms with van der Waals surface area (Å²) in [5.41, 5.74) is 0.575. The van der Waals surface area contributed by atoms with Gasteiger partial charge >= 0.3 is 0 Å². The largest absolute Gasteiger partial charge is 0.306 e. The molecule has 78 valence electrons. The zero-order valence-corrected chi connectivity index (χ0v) is 9.95. The summed E-state index contributed by atoms with van der Waals surface area (Å²) >= 11 is 4.47. The second-order valence-electron chi connectivity index (χ2n) is 4.60. The van der Waals surface area contributed by atoms with Crippen molar-refractivity contribution in [3.05, 3.63) is 0 Å². The second kappa shape index (κ2) is 5.26. The van der Waals surface area contributed by atoms with Crippen molar-refractivity contribution in [2.75, 3.05) is 25.9 Å². The highest BCUT2D eigenvalue weighted by Gasteiger charge is 2.36. The summed E-state index contributed by atoms with van der Waals surface area (Å²) in [6.07, 6.45) is 6.85. The first-order valence-electron chi connectivity index (χ1n) is 5.52. The Bertz CT molecular complexity index is 138. The van der Waals surface area contributed by atoms with E-state index in [9.17, 15) is 0 Å². The Hall–Kier alpha value is 0.310. The normalized spacial score (nSPS) is 20.3. The molecule has 1 nitrogen and oxygen atoms in total. The summed E-state index contributed by atoms with van der Waals surface area (Å²) in [4.78, 5) is 2.48. The third-order valence-corrected chi connectivity index (χ3v) is 3.92. The lowest BCUT2D eigenvalue weighted by Gasteiger charge is -2.43. The number of nitrogens with zero attached hydrogens (tertiary/aromatic N) is 1. The summed E-state index contributed by atoms with van der Waals surface area (Å²) in [7, 11) is 2.25. The van der Waals surface area contributed by atoms with Crippen LogP contribution in [0.15, 0.2) is 0 Å². The molecule has 1 saturated carbocycles. The van der Waals surface area contributed by atoms with Gasteiger partial charge in [0.15, 0.2) is 0 Å². The molecule has 0 bridgehead atoms. The molecule has 13 heavy (non-hydrogen) atoms. The average Bonchev–Trinajstić information content (AvgIpc) is 2.08. The van der Waals surface area contributed by atoms with Crippen LogP contribution in [0, 0.1) is 5.41 Å². The fourth-order valence-corrected chi connectivity index (χ4v) is 2.54. The van der Waals surface area contributed by atoms with Gasteiger partial charge in [-0.3, -0.25) is 0 Å². The van der Waals surface area contributed by atoms with Gasteiger partial charge in [-0.05, 0) is 44.0 Å². The zero-order valence-electron chi connectivity index (χ0n) is 9.05. The molecule has 1 fully saturated rings. The Balaban J connectivity index is 2.21. The first-order chi connectivity index (χ1) is 6.22. The molecule has 0 amide bonds. The van der Waals surface area contributed by atoms with Gasteiger partial charge in [-0.15, -0.1) is 0 Å². The smallest absolute Gasteiger partial charge is 0.00427 e. The van der Waals surface area contributed by atoms with Crippen molar-refractivity contribution in [1.29, 1.82) is 0 Å². The van der Waals surface area contributed by atoms with Crippen molar-refractivity contribution in [3.8, 4) is 0 Å². The minimum Gasteiger partial charge on any atom is -0.306 e.